The number of hydrogen-bond donors (Lipinski definition) is 1. The zero-order chi connectivity index (χ0) is 26.0. The van der Waals surface area contributed by atoms with E-state index in [0.29, 0.717) is 51.8 Å². The van der Waals surface area contributed by atoms with Crippen LogP contribution in [0.3, 0.4) is 0 Å². The Hall–Kier alpha value is -3.25. The van der Waals surface area contributed by atoms with Crippen molar-refractivity contribution in [2.24, 2.45) is 5.92 Å². The van der Waals surface area contributed by atoms with Gasteiger partial charge in [0.1, 0.15) is 0 Å². The van der Waals surface area contributed by atoms with Gasteiger partial charge in [0, 0.05) is 34.0 Å². The number of para-hydroxylation sites is 1. The Morgan fingerprint density at radius 2 is 1.81 bits per heavy atom. The smallest absolute Gasteiger partial charge is 0.336 e. The van der Waals surface area contributed by atoms with Gasteiger partial charge in [0.15, 0.2) is 17.3 Å². The van der Waals surface area contributed by atoms with Gasteiger partial charge in [-0.15, -0.1) is 0 Å². The monoisotopic (exact) mass is 509 g/mol. The lowest BCUT2D eigenvalue weighted by atomic mass is 9.71. The Kier molecular flexibility index (Phi) is 7.74. The summed E-state index contributed by atoms with van der Waals surface area (Å²) in [4.78, 5) is 27.2. The second kappa shape index (κ2) is 10.8. The average Bonchev–Trinajstić information content (AvgIpc) is 2.86. The molecule has 0 amide bonds. The minimum atomic E-state index is -0.635. The van der Waals surface area contributed by atoms with Crippen molar-refractivity contribution in [1.82, 2.24) is 5.32 Å². The SMILES string of the molecule is COc1cccc(C2C(C(=O)OCC(C)C)=C(C)NC3=C2C(=O)CC(c2ccc(Cl)cc2)C3)c1OC. The topological polar surface area (TPSA) is 73.9 Å². The van der Waals surface area contributed by atoms with Gasteiger partial charge in [0.25, 0.3) is 0 Å². The van der Waals surface area contributed by atoms with Gasteiger partial charge >= 0.3 is 5.97 Å². The van der Waals surface area contributed by atoms with Gasteiger partial charge in [-0.3, -0.25) is 4.79 Å². The summed E-state index contributed by atoms with van der Waals surface area (Å²) in [6, 6.07) is 13.1. The number of allylic oxidation sites excluding steroid dienone is 3. The number of ether oxygens (including phenoxy) is 3. The number of carbonyl (C=O) groups is 2. The van der Waals surface area contributed by atoms with Crippen molar-refractivity contribution in [2.45, 2.75) is 45.4 Å². The van der Waals surface area contributed by atoms with Crippen LogP contribution in [0.25, 0.3) is 0 Å². The highest BCUT2D eigenvalue weighted by atomic mass is 35.5. The number of halogens is 1. The Labute approximate surface area is 217 Å². The lowest BCUT2D eigenvalue weighted by Gasteiger charge is -2.37. The molecule has 1 heterocycles. The van der Waals surface area contributed by atoms with Gasteiger partial charge < -0.3 is 19.5 Å². The number of hydrogen-bond acceptors (Lipinski definition) is 6. The highest BCUT2D eigenvalue weighted by Gasteiger charge is 2.42. The van der Waals surface area contributed by atoms with Crippen molar-refractivity contribution in [3.05, 3.63) is 81.2 Å². The largest absolute Gasteiger partial charge is 0.493 e. The molecule has 1 N–H and O–H groups in total. The highest BCUT2D eigenvalue weighted by Crippen LogP contribution is 2.49. The van der Waals surface area contributed by atoms with Gasteiger partial charge in [-0.05, 0) is 48.9 Å². The van der Waals surface area contributed by atoms with E-state index in [2.05, 4.69) is 5.32 Å². The molecule has 6 nitrogen and oxygen atoms in total. The molecule has 0 saturated carbocycles. The molecule has 0 aromatic heterocycles. The number of Topliss-reactive ketones (excluding diaryl/α,β-unsaturated/α-hetero) is 1. The molecule has 2 aromatic carbocycles. The molecule has 1 aliphatic carbocycles. The van der Waals surface area contributed by atoms with E-state index in [-0.39, 0.29) is 24.2 Å². The van der Waals surface area contributed by atoms with E-state index in [1.165, 1.54) is 0 Å². The van der Waals surface area contributed by atoms with Crippen LogP contribution in [-0.4, -0.2) is 32.6 Å². The summed E-state index contributed by atoms with van der Waals surface area (Å²) in [5.74, 6) is 0.130. The maximum atomic E-state index is 13.8. The van der Waals surface area contributed by atoms with E-state index in [4.69, 9.17) is 25.8 Å². The molecule has 2 aromatic rings. The number of nitrogens with one attached hydrogen (secondary N) is 1. The molecular formula is C29H32ClNO5. The molecule has 0 bridgehead atoms. The highest BCUT2D eigenvalue weighted by molar-refractivity contribution is 6.30. The molecular weight excluding hydrogens is 478 g/mol. The van der Waals surface area contributed by atoms with Crippen LogP contribution in [0.2, 0.25) is 5.02 Å². The average molecular weight is 510 g/mol. The van der Waals surface area contributed by atoms with Crippen molar-refractivity contribution in [1.29, 1.82) is 0 Å². The lowest BCUT2D eigenvalue weighted by molar-refractivity contribution is -0.140. The second-order valence-corrected chi connectivity index (χ2v) is 10.1. The molecule has 1 aliphatic heterocycles. The number of carbonyl (C=O) groups excluding carboxylic acids is 2. The molecule has 190 valence electrons. The molecule has 0 spiro atoms. The number of rotatable bonds is 7. The minimum Gasteiger partial charge on any atom is -0.493 e. The molecule has 4 rings (SSSR count). The van der Waals surface area contributed by atoms with Gasteiger partial charge in [-0.25, -0.2) is 4.79 Å². The zero-order valence-electron chi connectivity index (χ0n) is 21.3. The fourth-order valence-electron chi connectivity index (χ4n) is 5.05. The molecule has 0 radical (unpaired) electrons. The maximum absolute atomic E-state index is 13.8. The molecule has 2 unspecified atom stereocenters. The van der Waals surface area contributed by atoms with Crippen molar-refractivity contribution in [3.63, 3.8) is 0 Å². The molecule has 0 fully saturated rings. The van der Waals surface area contributed by atoms with Gasteiger partial charge in [0.2, 0.25) is 0 Å². The zero-order valence-corrected chi connectivity index (χ0v) is 22.1. The maximum Gasteiger partial charge on any atom is 0.336 e. The van der Waals surface area contributed by atoms with Crippen molar-refractivity contribution in [2.75, 3.05) is 20.8 Å². The van der Waals surface area contributed by atoms with Crippen molar-refractivity contribution >= 4 is 23.4 Å². The predicted molar refractivity (Wildman–Crippen MR) is 139 cm³/mol. The first kappa shape index (κ1) is 25.8. The van der Waals surface area contributed by atoms with E-state index in [9.17, 15) is 9.59 Å². The molecule has 2 atom stereocenters. The lowest BCUT2D eigenvalue weighted by Crippen LogP contribution is -2.36. The summed E-state index contributed by atoms with van der Waals surface area (Å²) in [5, 5.41) is 4.04. The summed E-state index contributed by atoms with van der Waals surface area (Å²) >= 11 is 6.08. The first-order valence-electron chi connectivity index (χ1n) is 12.1. The van der Waals surface area contributed by atoms with Gasteiger partial charge in [-0.1, -0.05) is 49.7 Å². The third kappa shape index (κ3) is 5.00. The summed E-state index contributed by atoms with van der Waals surface area (Å²) in [6.07, 6.45) is 0.968. The normalized spacial score (nSPS) is 19.7. The third-order valence-electron chi connectivity index (χ3n) is 6.68. The Bertz CT molecular complexity index is 1230. The number of methoxy groups -OCH3 is 2. The van der Waals surface area contributed by atoms with Crippen LogP contribution in [0.4, 0.5) is 0 Å². The standard InChI is InChI=1S/C29H32ClNO5/c1-16(2)15-36-29(33)25-17(3)31-22-13-19(18-9-11-20(30)12-10-18)14-23(32)27(22)26(25)21-7-6-8-24(34-4)28(21)35-5/h6-12,16,19,26,31H,13-15H2,1-5H3. The quantitative estimate of drug-likeness (QED) is 0.467. The Morgan fingerprint density at radius 1 is 1.08 bits per heavy atom. The minimum absolute atomic E-state index is 0.0103. The molecule has 7 heteroatoms. The first-order valence-corrected chi connectivity index (χ1v) is 12.5. The Balaban J connectivity index is 1.83. The van der Waals surface area contributed by atoms with Crippen LogP contribution in [0.5, 0.6) is 11.5 Å². The third-order valence-corrected chi connectivity index (χ3v) is 6.93. The van der Waals surface area contributed by atoms with Crippen LogP contribution in [0, 0.1) is 5.92 Å². The van der Waals surface area contributed by atoms with E-state index >= 15 is 0 Å². The van der Waals surface area contributed by atoms with E-state index in [1.54, 1.807) is 20.3 Å². The number of benzene rings is 2. The number of ketones is 1. The predicted octanol–water partition coefficient (Wildman–Crippen LogP) is 5.92. The second-order valence-electron chi connectivity index (χ2n) is 9.64. The van der Waals surface area contributed by atoms with Gasteiger partial charge in [-0.2, -0.15) is 0 Å². The Morgan fingerprint density at radius 3 is 2.44 bits per heavy atom. The molecule has 36 heavy (non-hydrogen) atoms. The van der Waals surface area contributed by atoms with Crippen LogP contribution in [-0.2, 0) is 14.3 Å². The summed E-state index contributed by atoms with van der Waals surface area (Å²) < 4.78 is 16.9. The van der Waals surface area contributed by atoms with E-state index in [0.717, 1.165) is 11.3 Å². The van der Waals surface area contributed by atoms with Crippen molar-refractivity contribution < 1.29 is 23.8 Å². The molecule has 0 saturated heterocycles. The first-order chi connectivity index (χ1) is 17.2. The fraction of sp³-hybridized carbons (Fsp3) is 0.379. The van der Waals surface area contributed by atoms with E-state index in [1.807, 2.05) is 57.2 Å². The molecule has 2 aliphatic rings. The van der Waals surface area contributed by atoms with Crippen molar-refractivity contribution in [3.8, 4) is 11.5 Å². The van der Waals surface area contributed by atoms with Crippen LogP contribution >= 0.6 is 11.6 Å². The summed E-state index contributed by atoms with van der Waals surface area (Å²) in [6.45, 7) is 6.11. The number of dihydropyridines is 1. The summed E-state index contributed by atoms with van der Waals surface area (Å²) in [7, 11) is 3.13. The van der Waals surface area contributed by atoms with Crippen LogP contribution < -0.4 is 14.8 Å². The van der Waals surface area contributed by atoms with Crippen LogP contribution in [0.15, 0.2) is 65.0 Å². The summed E-state index contributed by atoms with van der Waals surface area (Å²) in [5.41, 5.74) is 4.23. The van der Waals surface area contributed by atoms with E-state index < -0.39 is 11.9 Å². The van der Waals surface area contributed by atoms with Crippen LogP contribution in [0.1, 0.15) is 56.6 Å². The fourth-order valence-corrected chi connectivity index (χ4v) is 5.18. The van der Waals surface area contributed by atoms with Gasteiger partial charge in [0.05, 0.1) is 32.3 Å². The number of esters is 1.